The molecule has 0 unspecified atom stereocenters. The zero-order valence-electron chi connectivity index (χ0n) is 18.0. The van der Waals surface area contributed by atoms with Gasteiger partial charge >= 0.3 is 0 Å². The maximum Gasteiger partial charge on any atom is 0.253 e. The van der Waals surface area contributed by atoms with Crippen LogP contribution < -0.4 is 0 Å². The fourth-order valence-electron chi connectivity index (χ4n) is 3.65. The Kier molecular flexibility index (Phi) is 7.03. The summed E-state index contributed by atoms with van der Waals surface area (Å²) in [6.45, 7) is 2.78. The molecule has 0 radical (unpaired) electrons. The van der Waals surface area contributed by atoms with Crippen molar-refractivity contribution < 1.29 is 21.6 Å². The van der Waals surface area contributed by atoms with Crippen LogP contribution in [-0.2, 0) is 26.2 Å². The van der Waals surface area contributed by atoms with E-state index < -0.39 is 25.6 Å². The van der Waals surface area contributed by atoms with Gasteiger partial charge in [-0.1, -0.05) is 18.2 Å². The SMILES string of the molecule is CS(=O)(=O)c1cc(C(=O)N2CCCN(Cc3ccccc3C#N)CC2)cc(S(C)(=O)=O)c1. The normalized spacial score (nSPS) is 15.7. The number of hydrogen-bond donors (Lipinski definition) is 0. The van der Waals surface area contributed by atoms with Crippen LogP contribution in [0, 0.1) is 11.3 Å². The van der Waals surface area contributed by atoms with Crippen molar-refractivity contribution in [2.45, 2.75) is 22.8 Å². The highest BCUT2D eigenvalue weighted by molar-refractivity contribution is 7.91. The summed E-state index contributed by atoms with van der Waals surface area (Å²) in [5, 5.41) is 9.30. The Hall–Kier alpha value is -2.74. The van der Waals surface area contributed by atoms with E-state index in [0.29, 0.717) is 38.2 Å². The molecule has 0 N–H and O–H groups in total. The molecule has 1 aliphatic heterocycles. The Bertz CT molecular complexity index is 1230. The highest BCUT2D eigenvalue weighted by Gasteiger charge is 2.24. The van der Waals surface area contributed by atoms with Gasteiger partial charge in [-0.2, -0.15) is 5.26 Å². The minimum atomic E-state index is -3.70. The van der Waals surface area contributed by atoms with Gasteiger partial charge in [0.2, 0.25) is 0 Å². The van der Waals surface area contributed by atoms with Crippen molar-refractivity contribution in [1.82, 2.24) is 9.80 Å². The summed E-state index contributed by atoms with van der Waals surface area (Å²) in [4.78, 5) is 16.5. The van der Waals surface area contributed by atoms with Crippen LogP contribution in [0.1, 0.15) is 27.9 Å². The highest BCUT2D eigenvalue weighted by atomic mass is 32.2. The van der Waals surface area contributed by atoms with Crippen LogP contribution in [-0.4, -0.2) is 71.2 Å². The fraction of sp³-hybridized carbons (Fsp3) is 0.364. The number of carbonyl (C=O) groups is 1. The second-order valence-corrected chi connectivity index (χ2v) is 12.0. The van der Waals surface area contributed by atoms with Gasteiger partial charge in [0.25, 0.3) is 5.91 Å². The summed E-state index contributed by atoms with van der Waals surface area (Å²) >= 11 is 0. The third-order valence-electron chi connectivity index (χ3n) is 5.39. The van der Waals surface area contributed by atoms with E-state index in [4.69, 9.17) is 0 Å². The van der Waals surface area contributed by atoms with Gasteiger partial charge in [0.05, 0.1) is 21.4 Å². The maximum atomic E-state index is 13.2. The standard InChI is InChI=1S/C22H25N3O5S2/c1-31(27,28)20-12-19(13-21(14-20)32(2,29)30)22(26)25-9-5-8-24(10-11-25)16-18-7-4-3-6-17(18)15-23/h3-4,6-7,12-14H,5,8-11,16H2,1-2H3. The average Bonchev–Trinajstić information content (AvgIpc) is 2.97. The summed E-state index contributed by atoms with van der Waals surface area (Å²) in [5.41, 5.74) is 1.58. The summed E-state index contributed by atoms with van der Waals surface area (Å²) in [6.07, 6.45) is 2.65. The molecule has 0 atom stereocenters. The van der Waals surface area contributed by atoms with E-state index in [1.54, 1.807) is 11.0 Å². The Morgan fingerprint density at radius 3 is 2.16 bits per heavy atom. The Balaban J connectivity index is 1.81. The number of sulfone groups is 2. The number of nitriles is 1. The smallest absolute Gasteiger partial charge is 0.253 e. The molecular formula is C22H25N3O5S2. The molecule has 0 spiro atoms. The van der Waals surface area contributed by atoms with Crippen molar-refractivity contribution in [2.24, 2.45) is 0 Å². The molecule has 1 amide bonds. The first-order valence-corrected chi connectivity index (χ1v) is 13.8. The second kappa shape index (κ2) is 9.40. The Labute approximate surface area is 188 Å². The van der Waals surface area contributed by atoms with Gasteiger partial charge in [-0.15, -0.1) is 0 Å². The largest absolute Gasteiger partial charge is 0.337 e. The van der Waals surface area contributed by atoms with Gasteiger partial charge in [0, 0.05) is 50.8 Å². The molecule has 10 heteroatoms. The molecule has 1 saturated heterocycles. The topological polar surface area (TPSA) is 116 Å². The zero-order valence-corrected chi connectivity index (χ0v) is 19.6. The first kappa shape index (κ1) is 23.9. The van der Waals surface area contributed by atoms with Gasteiger partial charge in [0.15, 0.2) is 19.7 Å². The quantitative estimate of drug-likeness (QED) is 0.646. The van der Waals surface area contributed by atoms with Gasteiger partial charge in [0.1, 0.15) is 0 Å². The lowest BCUT2D eigenvalue weighted by atomic mass is 10.1. The van der Waals surface area contributed by atoms with Crippen molar-refractivity contribution >= 4 is 25.6 Å². The van der Waals surface area contributed by atoms with E-state index in [1.165, 1.54) is 12.1 Å². The van der Waals surface area contributed by atoms with E-state index in [2.05, 4.69) is 11.0 Å². The molecule has 32 heavy (non-hydrogen) atoms. The first-order valence-electron chi connectivity index (χ1n) is 10.0. The maximum absolute atomic E-state index is 13.2. The number of amides is 1. The number of hydrogen-bond acceptors (Lipinski definition) is 7. The van der Waals surface area contributed by atoms with Gasteiger partial charge in [-0.3, -0.25) is 9.69 Å². The van der Waals surface area contributed by atoms with Crippen LogP contribution in [0.15, 0.2) is 52.3 Å². The van der Waals surface area contributed by atoms with Crippen LogP contribution in [0.5, 0.6) is 0 Å². The second-order valence-electron chi connectivity index (χ2n) is 7.93. The molecule has 1 fully saturated rings. The fourth-order valence-corrected chi connectivity index (χ4v) is 5.08. The summed E-state index contributed by atoms with van der Waals surface area (Å²) in [7, 11) is -7.40. The number of carbonyl (C=O) groups excluding carboxylic acids is 1. The van der Waals surface area contributed by atoms with Gasteiger partial charge < -0.3 is 4.90 Å². The van der Waals surface area contributed by atoms with E-state index >= 15 is 0 Å². The monoisotopic (exact) mass is 475 g/mol. The van der Waals surface area contributed by atoms with Crippen molar-refractivity contribution in [3.63, 3.8) is 0 Å². The van der Waals surface area contributed by atoms with Gasteiger partial charge in [-0.05, 0) is 36.2 Å². The lowest BCUT2D eigenvalue weighted by Crippen LogP contribution is -2.35. The van der Waals surface area contributed by atoms with Crippen LogP contribution in [0.4, 0.5) is 0 Å². The number of rotatable bonds is 5. The molecule has 170 valence electrons. The molecule has 3 rings (SSSR count). The molecule has 8 nitrogen and oxygen atoms in total. The lowest BCUT2D eigenvalue weighted by molar-refractivity contribution is 0.0760. The lowest BCUT2D eigenvalue weighted by Gasteiger charge is -2.23. The highest BCUT2D eigenvalue weighted by Crippen LogP contribution is 2.21. The predicted octanol–water partition coefficient (Wildman–Crippen LogP) is 1.71. The van der Waals surface area contributed by atoms with Crippen LogP contribution >= 0.6 is 0 Å². The number of nitrogens with zero attached hydrogens (tertiary/aromatic N) is 3. The molecule has 1 aliphatic rings. The number of benzene rings is 2. The van der Waals surface area contributed by atoms with E-state index in [-0.39, 0.29) is 15.4 Å². The third-order valence-corrected chi connectivity index (χ3v) is 7.57. The van der Waals surface area contributed by atoms with Crippen LogP contribution in [0.25, 0.3) is 0 Å². The minimum absolute atomic E-state index is 0.0385. The molecule has 0 bridgehead atoms. The first-order chi connectivity index (χ1) is 15.0. The molecule has 2 aromatic rings. The van der Waals surface area contributed by atoms with Crippen molar-refractivity contribution in [2.75, 3.05) is 38.7 Å². The van der Waals surface area contributed by atoms with Crippen LogP contribution in [0.3, 0.4) is 0 Å². The molecular weight excluding hydrogens is 450 g/mol. The van der Waals surface area contributed by atoms with Crippen molar-refractivity contribution in [3.8, 4) is 6.07 Å². The molecule has 0 saturated carbocycles. The van der Waals surface area contributed by atoms with E-state index in [9.17, 15) is 26.9 Å². The van der Waals surface area contributed by atoms with Gasteiger partial charge in [-0.25, -0.2) is 16.8 Å². The third kappa shape index (κ3) is 5.73. The minimum Gasteiger partial charge on any atom is -0.337 e. The van der Waals surface area contributed by atoms with Crippen molar-refractivity contribution in [1.29, 1.82) is 5.26 Å². The summed E-state index contributed by atoms with van der Waals surface area (Å²) < 4.78 is 48.2. The Morgan fingerprint density at radius 2 is 1.56 bits per heavy atom. The Morgan fingerprint density at radius 1 is 0.938 bits per heavy atom. The average molecular weight is 476 g/mol. The van der Waals surface area contributed by atoms with Crippen LogP contribution in [0.2, 0.25) is 0 Å². The van der Waals surface area contributed by atoms with E-state index in [0.717, 1.165) is 30.7 Å². The summed E-state index contributed by atoms with van der Waals surface area (Å²) in [6, 6.07) is 13.1. The van der Waals surface area contributed by atoms with E-state index in [1.807, 2.05) is 18.2 Å². The molecule has 0 aromatic heterocycles. The molecule has 2 aromatic carbocycles. The zero-order chi connectivity index (χ0) is 23.5. The molecule has 1 heterocycles. The summed E-state index contributed by atoms with van der Waals surface area (Å²) in [5.74, 6) is -0.403. The van der Waals surface area contributed by atoms with Crippen molar-refractivity contribution in [3.05, 3.63) is 59.2 Å². The predicted molar refractivity (Wildman–Crippen MR) is 120 cm³/mol. The molecule has 0 aliphatic carbocycles.